The highest BCUT2D eigenvalue weighted by molar-refractivity contribution is 7.99. The number of hydrogen-bond donors (Lipinski definition) is 1. The summed E-state index contributed by atoms with van der Waals surface area (Å²) in [6.07, 6.45) is 5.35. The van der Waals surface area contributed by atoms with Crippen molar-refractivity contribution in [2.45, 2.75) is 32.6 Å². The van der Waals surface area contributed by atoms with Gasteiger partial charge in [0.2, 0.25) is 5.91 Å². The SMILES string of the molecule is Cc1cc(C(=O)N2CCSCC2)ccc1NC(=O)Cc1coc2cc3c(cc12)CCC3. The zero-order valence-electron chi connectivity index (χ0n) is 17.7. The minimum atomic E-state index is -0.0848. The summed E-state index contributed by atoms with van der Waals surface area (Å²) in [5, 5.41) is 4.04. The lowest BCUT2D eigenvalue weighted by atomic mass is 10.0. The van der Waals surface area contributed by atoms with Crippen LogP contribution in [0.2, 0.25) is 0 Å². The number of amides is 2. The molecular weight excluding hydrogens is 408 g/mol. The molecule has 6 heteroatoms. The lowest BCUT2D eigenvalue weighted by molar-refractivity contribution is -0.115. The van der Waals surface area contributed by atoms with Crippen LogP contribution in [0.1, 0.15) is 39.0 Å². The molecule has 2 aromatic carbocycles. The third-order valence-electron chi connectivity index (χ3n) is 6.26. The van der Waals surface area contributed by atoms with Gasteiger partial charge in [-0.2, -0.15) is 11.8 Å². The molecule has 1 aliphatic heterocycles. The fraction of sp³-hybridized carbons (Fsp3) is 0.360. The smallest absolute Gasteiger partial charge is 0.253 e. The van der Waals surface area contributed by atoms with Crippen LogP contribution in [0.5, 0.6) is 0 Å². The Bertz CT molecular complexity index is 1160. The molecule has 1 N–H and O–H groups in total. The Morgan fingerprint density at radius 3 is 2.65 bits per heavy atom. The molecule has 3 aromatic rings. The quantitative estimate of drug-likeness (QED) is 0.652. The maximum absolute atomic E-state index is 12.7. The third-order valence-corrected chi connectivity index (χ3v) is 7.21. The van der Waals surface area contributed by atoms with Gasteiger partial charge in [-0.05, 0) is 73.2 Å². The summed E-state index contributed by atoms with van der Waals surface area (Å²) in [4.78, 5) is 27.4. The molecule has 0 atom stereocenters. The van der Waals surface area contributed by atoms with Gasteiger partial charge in [0.1, 0.15) is 5.58 Å². The van der Waals surface area contributed by atoms with Crippen molar-refractivity contribution in [2.75, 3.05) is 29.9 Å². The summed E-state index contributed by atoms with van der Waals surface area (Å²) in [5.41, 5.74) is 6.82. The number of hydrogen-bond acceptors (Lipinski definition) is 4. The summed E-state index contributed by atoms with van der Waals surface area (Å²) in [6, 6.07) is 9.83. The van der Waals surface area contributed by atoms with E-state index in [-0.39, 0.29) is 18.2 Å². The highest BCUT2D eigenvalue weighted by Gasteiger charge is 2.20. The lowest BCUT2D eigenvalue weighted by Crippen LogP contribution is -2.37. The molecule has 5 nitrogen and oxygen atoms in total. The number of nitrogens with zero attached hydrogens (tertiary/aromatic N) is 1. The fourth-order valence-electron chi connectivity index (χ4n) is 4.54. The number of anilines is 1. The maximum Gasteiger partial charge on any atom is 0.253 e. The number of rotatable bonds is 4. The van der Waals surface area contributed by atoms with Crippen LogP contribution < -0.4 is 5.32 Å². The van der Waals surface area contributed by atoms with Gasteiger partial charge >= 0.3 is 0 Å². The predicted octanol–water partition coefficient (Wildman–Crippen LogP) is 4.60. The van der Waals surface area contributed by atoms with E-state index in [0.717, 1.165) is 65.2 Å². The van der Waals surface area contributed by atoms with Crippen LogP contribution >= 0.6 is 11.8 Å². The topological polar surface area (TPSA) is 62.6 Å². The van der Waals surface area contributed by atoms with Crippen molar-refractivity contribution in [2.24, 2.45) is 0 Å². The summed E-state index contributed by atoms with van der Waals surface area (Å²) in [6.45, 7) is 3.51. The summed E-state index contributed by atoms with van der Waals surface area (Å²) in [7, 11) is 0. The highest BCUT2D eigenvalue weighted by Crippen LogP contribution is 2.30. The molecule has 1 saturated heterocycles. The van der Waals surface area contributed by atoms with Crippen molar-refractivity contribution >= 4 is 40.2 Å². The minimum Gasteiger partial charge on any atom is -0.464 e. The molecule has 0 unspecified atom stereocenters. The molecular formula is C25H26N2O3S. The van der Waals surface area contributed by atoms with E-state index in [2.05, 4.69) is 17.4 Å². The molecule has 2 amide bonds. The Hall–Kier alpha value is -2.73. The average molecular weight is 435 g/mol. The van der Waals surface area contributed by atoms with E-state index >= 15 is 0 Å². The molecule has 0 radical (unpaired) electrons. The Morgan fingerprint density at radius 2 is 1.87 bits per heavy atom. The molecule has 160 valence electrons. The average Bonchev–Trinajstić information content (AvgIpc) is 3.40. The standard InChI is InChI=1S/C25H26N2O3S/c1-16-11-19(25(29)27-7-9-31-10-8-27)5-6-22(16)26-24(28)14-20-15-30-23-13-18-4-2-3-17(18)12-21(20)23/h5-6,11-13,15H,2-4,7-10,14H2,1H3,(H,26,28). The molecule has 0 bridgehead atoms. The maximum atomic E-state index is 12.7. The minimum absolute atomic E-state index is 0.0682. The van der Waals surface area contributed by atoms with E-state index in [1.807, 2.05) is 41.8 Å². The Labute approximate surface area is 186 Å². The molecule has 1 aliphatic carbocycles. The van der Waals surface area contributed by atoms with Gasteiger partial charge in [0.05, 0.1) is 12.7 Å². The Morgan fingerprint density at radius 1 is 1.10 bits per heavy atom. The first kappa shape index (κ1) is 20.2. The number of carbonyl (C=O) groups excluding carboxylic acids is 2. The van der Waals surface area contributed by atoms with Crippen molar-refractivity contribution in [1.29, 1.82) is 0 Å². The Kier molecular flexibility index (Phi) is 5.48. The molecule has 2 heterocycles. The van der Waals surface area contributed by atoms with E-state index < -0.39 is 0 Å². The van der Waals surface area contributed by atoms with Crippen molar-refractivity contribution in [3.8, 4) is 0 Å². The largest absolute Gasteiger partial charge is 0.464 e. The molecule has 0 spiro atoms. The van der Waals surface area contributed by atoms with Crippen LogP contribution in [0, 0.1) is 6.92 Å². The van der Waals surface area contributed by atoms with E-state index in [1.165, 1.54) is 17.5 Å². The Balaban J connectivity index is 1.28. The van der Waals surface area contributed by atoms with E-state index in [0.29, 0.717) is 5.56 Å². The third kappa shape index (κ3) is 4.09. The first-order chi connectivity index (χ1) is 15.1. The second-order valence-electron chi connectivity index (χ2n) is 8.39. The van der Waals surface area contributed by atoms with Gasteiger partial charge in [0.25, 0.3) is 5.91 Å². The first-order valence-corrected chi connectivity index (χ1v) is 12.0. The number of fused-ring (bicyclic) bond motifs is 2. The van der Waals surface area contributed by atoms with Crippen molar-refractivity contribution in [3.63, 3.8) is 0 Å². The van der Waals surface area contributed by atoms with Gasteiger partial charge in [0.15, 0.2) is 0 Å². The van der Waals surface area contributed by atoms with Gasteiger partial charge in [-0.3, -0.25) is 9.59 Å². The van der Waals surface area contributed by atoms with Crippen molar-refractivity contribution in [1.82, 2.24) is 4.90 Å². The number of furan rings is 1. The van der Waals surface area contributed by atoms with Crippen LogP contribution in [-0.4, -0.2) is 41.3 Å². The van der Waals surface area contributed by atoms with Crippen molar-refractivity contribution < 1.29 is 14.0 Å². The van der Waals surface area contributed by atoms with Gasteiger partial charge in [-0.25, -0.2) is 0 Å². The van der Waals surface area contributed by atoms with Crippen LogP contribution in [0.3, 0.4) is 0 Å². The van der Waals surface area contributed by atoms with Crippen LogP contribution in [0.15, 0.2) is 41.0 Å². The molecule has 1 aromatic heterocycles. The van der Waals surface area contributed by atoms with Gasteiger partial charge in [-0.15, -0.1) is 0 Å². The number of benzene rings is 2. The molecule has 31 heavy (non-hydrogen) atoms. The predicted molar refractivity (Wildman–Crippen MR) is 125 cm³/mol. The normalized spacial score (nSPS) is 15.8. The molecule has 0 saturated carbocycles. The molecule has 1 fully saturated rings. The number of nitrogens with one attached hydrogen (secondary N) is 1. The van der Waals surface area contributed by atoms with Crippen LogP contribution in [0.25, 0.3) is 11.0 Å². The van der Waals surface area contributed by atoms with Gasteiger partial charge < -0.3 is 14.6 Å². The number of thioether (sulfide) groups is 1. The summed E-state index contributed by atoms with van der Waals surface area (Å²) >= 11 is 1.88. The summed E-state index contributed by atoms with van der Waals surface area (Å²) in [5.74, 6) is 1.96. The summed E-state index contributed by atoms with van der Waals surface area (Å²) < 4.78 is 5.73. The fourth-order valence-corrected chi connectivity index (χ4v) is 5.44. The second kappa shape index (κ2) is 8.42. The zero-order chi connectivity index (χ0) is 21.4. The highest BCUT2D eigenvalue weighted by atomic mass is 32.2. The number of carbonyl (C=O) groups is 2. The second-order valence-corrected chi connectivity index (χ2v) is 9.62. The van der Waals surface area contributed by atoms with Crippen LogP contribution in [0.4, 0.5) is 5.69 Å². The lowest BCUT2D eigenvalue weighted by Gasteiger charge is -2.26. The van der Waals surface area contributed by atoms with Gasteiger partial charge in [0, 0.05) is 46.8 Å². The molecule has 5 rings (SSSR count). The zero-order valence-corrected chi connectivity index (χ0v) is 18.5. The first-order valence-electron chi connectivity index (χ1n) is 10.9. The van der Waals surface area contributed by atoms with E-state index in [1.54, 1.807) is 6.26 Å². The van der Waals surface area contributed by atoms with E-state index in [4.69, 9.17) is 4.42 Å². The molecule has 2 aliphatic rings. The van der Waals surface area contributed by atoms with Crippen molar-refractivity contribution in [3.05, 3.63) is 64.4 Å². The van der Waals surface area contributed by atoms with Crippen LogP contribution in [-0.2, 0) is 24.1 Å². The van der Waals surface area contributed by atoms with Gasteiger partial charge in [-0.1, -0.05) is 0 Å². The number of aryl methyl sites for hydroxylation is 3. The monoisotopic (exact) mass is 434 g/mol. The van der Waals surface area contributed by atoms with E-state index in [9.17, 15) is 9.59 Å².